The van der Waals surface area contributed by atoms with Gasteiger partial charge in [0.2, 0.25) is 0 Å². The van der Waals surface area contributed by atoms with E-state index in [9.17, 15) is 4.39 Å². The summed E-state index contributed by atoms with van der Waals surface area (Å²) in [7, 11) is 1.89. The van der Waals surface area contributed by atoms with Gasteiger partial charge in [-0.3, -0.25) is 0 Å². The van der Waals surface area contributed by atoms with E-state index in [1.807, 2.05) is 30.1 Å². The average Bonchev–Trinajstić information content (AvgIpc) is 2.41. The maximum Gasteiger partial charge on any atom is 0.144 e. The van der Waals surface area contributed by atoms with Gasteiger partial charge in [0, 0.05) is 19.7 Å². The molecule has 2 aromatic carbocycles. The highest BCUT2D eigenvalue weighted by atomic mass is 35.5. The molecule has 19 heavy (non-hydrogen) atoms. The molecule has 0 fully saturated rings. The fourth-order valence-electron chi connectivity index (χ4n) is 1.94. The Balaban J connectivity index is 2.08. The van der Waals surface area contributed by atoms with Crippen molar-refractivity contribution in [3.8, 4) is 0 Å². The molecule has 2 N–H and O–H groups in total. The van der Waals surface area contributed by atoms with Crippen LogP contribution >= 0.6 is 11.6 Å². The molecule has 0 aliphatic carbocycles. The van der Waals surface area contributed by atoms with Crippen LogP contribution in [0, 0.1) is 5.82 Å². The first-order chi connectivity index (χ1) is 9.08. The number of nitrogens with zero attached hydrogens (tertiary/aromatic N) is 1. The van der Waals surface area contributed by atoms with Crippen LogP contribution in [0.15, 0.2) is 42.5 Å². The number of nitrogen functional groups attached to an aromatic ring is 1. The van der Waals surface area contributed by atoms with Crippen LogP contribution in [0.4, 0.5) is 15.8 Å². The van der Waals surface area contributed by atoms with E-state index in [1.54, 1.807) is 0 Å². The summed E-state index contributed by atoms with van der Waals surface area (Å²) in [5, 5.41) is 0.0534. The first-order valence-corrected chi connectivity index (χ1v) is 6.45. The number of nitrogens with two attached hydrogens (primary N) is 1. The number of anilines is 2. The van der Waals surface area contributed by atoms with Gasteiger partial charge in [-0.2, -0.15) is 0 Å². The monoisotopic (exact) mass is 278 g/mol. The topological polar surface area (TPSA) is 29.3 Å². The van der Waals surface area contributed by atoms with Crippen molar-refractivity contribution in [3.63, 3.8) is 0 Å². The van der Waals surface area contributed by atoms with E-state index >= 15 is 0 Å². The van der Waals surface area contributed by atoms with E-state index in [-0.39, 0.29) is 5.02 Å². The molecule has 0 atom stereocenters. The normalized spacial score (nSPS) is 10.5. The average molecular weight is 279 g/mol. The molecule has 2 aromatic rings. The molecule has 100 valence electrons. The summed E-state index contributed by atoms with van der Waals surface area (Å²) in [4.78, 5) is 1.93. The molecule has 0 unspecified atom stereocenters. The predicted molar refractivity (Wildman–Crippen MR) is 79.2 cm³/mol. The fraction of sp³-hybridized carbons (Fsp3) is 0.200. The van der Waals surface area contributed by atoms with Crippen molar-refractivity contribution < 1.29 is 4.39 Å². The molecule has 0 bridgehead atoms. The second kappa shape index (κ2) is 5.93. The predicted octanol–water partition coefficient (Wildman–Crippen LogP) is 3.74. The number of hydrogen-bond acceptors (Lipinski definition) is 2. The third kappa shape index (κ3) is 3.38. The van der Waals surface area contributed by atoms with E-state index < -0.39 is 5.82 Å². The molecule has 0 saturated carbocycles. The third-order valence-corrected chi connectivity index (χ3v) is 3.35. The standard InChI is InChI=1S/C15H16ClFN2/c1-19(8-7-11-5-3-2-4-6-11)15-10-13(17)12(16)9-14(15)18/h2-6,9-10H,7-8,18H2,1H3. The lowest BCUT2D eigenvalue weighted by molar-refractivity contribution is 0.628. The Morgan fingerprint density at radius 2 is 1.89 bits per heavy atom. The van der Waals surface area contributed by atoms with Crippen LogP contribution in [-0.2, 0) is 6.42 Å². The summed E-state index contributed by atoms with van der Waals surface area (Å²) in [6.45, 7) is 0.759. The summed E-state index contributed by atoms with van der Waals surface area (Å²) in [6.07, 6.45) is 0.876. The van der Waals surface area contributed by atoms with E-state index in [0.717, 1.165) is 13.0 Å². The smallest absolute Gasteiger partial charge is 0.144 e. The number of rotatable bonds is 4. The zero-order chi connectivity index (χ0) is 13.8. The second-order valence-corrected chi connectivity index (χ2v) is 4.89. The zero-order valence-electron chi connectivity index (χ0n) is 10.7. The van der Waals surface area contributed by atoms with Crippen molar-refractivity contribution in [1.82, 2.24) is 0 Å². The highest BCUT2D eigenvalue weighted by molar-refractivity contribution is 6.31. The van der Waals surface area contributed by atoms with Gasteiger partial charge >= 0.3 is 0 Å². The molecule has 0 aliphatic rings. The Morgan fingerprint density at radius 1 is 1.21 bits per heavy atom. The Bertz CT molecular complexity index is 558. The van der Waals surface area contributed by atoms with Gasteiger partial charge in [-0.15, -0.1) is 0 Å². The van der Waals surface area contributed by atoms with Gasteiger partial charge in [-0.25, -0.2) is 4.39 Å². The fourth-order valence-corrected chi connectivity index (χ4v) is 2.12. The van der Waals surface area contributed by atoms with Crippen LogP contribution in [-0.4, -0.2) is 13.6 Å². The van der Waals surface area contributed by atoms with Gasteiger partial charge in [-0.05, 0) is 18.1 Å². The van der Waals surface area contributed by atoms with Crippen LogP contribution in [0.5, 0.6) is 0 Å². The van der Waals surface area contributed by atoms with Crippen molar-refractivity contribution in [2.75, 3.05) is 24.2 Å². The lowest BCUT2D eigenvalue weighted by Gasteiger charge is -2.21. The summed E-state index contributed by atoms with van der Waals surface area (Å²) in [5.74, 6) is -0.447. The molecule has 0 amide bonds. The molecule has 0 heterocycles. The van der Waals surface area contributed by atoms with Crippen molar-refractivity contribution >= 4 is 23.0 Å². The first-order valence-electron chi connectivity index (χ1n) is 6.07. The minimum Gasteiger partial charge on any atom is -0.397 e. The quantitative estimate of drug-likeness (QED) is 0.863. The minimum absolute atomic E-state index is 0.0534. The summed E-state index contributed by atoms with van der Waals surface area (Å²) < 4.78 is 13.5. The first kappa shape index (κ1) is 13.7. The highest BCUT2D eigenvalue weighted by Gasteiger charge is 2.10. The summed E-state index contributed by atoms with van der Waals surface area (Å²) >= 11 is 5.69. The van der Waals surface area contributed by atoms with E-state index in [0.29, 0.717) is 11.4 Å². The van der Waals surface area contributed by atoms with Gasteiger partial charge in [0.25, 0.3) is 0 Å². The Hall–Kier alpha value is -1.74. The largest absolute Gasteiger partial charge is 0.397 e. The summed E-state index contributed by atoms with van der Waals surface area (Å²) in [5.41, 5.74) is 8.26. The molecule has 4 heteroatoms. The van der Waals surface area contributed by atoms with E-state index in [2.05, 4.69) is 12.1 Å². The van der Waals surface area contributed by atoms with Gasteiger partial charge in [0.1, 0.15) is 5.82 Å². The number of halogens is 2. The van der Waals surface area contributed by atoms with Crippen LogP contribution in [0.25, 0.3) is 0 Å². The number of likely N-dealkylation sites (N-methyl/N-ethyl adjacent to an activating group) is 1. The maximum atomic E-state index is 13.5. The van der Waals surface area contributed by atoms with Crippen molar-refractivity contribution in [2.24, 2.45) is 0 Å². The van der Waals surface area contributed by atoms with Crippen molar-refractivity contribution in [1.29, 1.82) is 0 Å². The van der Waals surface area contributed by atoms with Crippen LogP contribution in [0.1, 0.15) is 5.56 Å². The lowest BCUT2D eigenvalue weighted by atomic mass is 10.1. The van der Waals surface area contributed by atoms with Crippen LogP contribution < -0.4 is 10.6 Å². The molecule has 0 aliphatic heterocycles. The van der Waals surface area contributed by atoms with Crippen molar-refractivity contribution in [3.05, 3.63) is 58.9 Å². The van der Waals surface area contributed by atoms with Gasteiger partial charge in [0.15, 0.2) is 0 Å². The molecule has 0 spiro atoms. The third-order valence-electron chi connectivity index (χ3n) is 3.06. The Labute approximate surface area is 117 Å². The molecule has 0 aromatic heterocycles. The molecular weight excluding hydrogens is 263 g/mol. The van der Waals surface area contributed by atoms with Gasteiger partial charge < -0.3 is 10.6 Å². The van der Waals surface area contributed by atoms with Gasteiger partial charge in [0.05, 0.1) is 16.4 Å². The molecular formula is C15H16ClFN2. The summed E-state index contributed by atoms with van der Waals surface area (Å²) in [6, 6.07) is 13.0. The van der Waals surface area contributed by atoms with Gasteiger partial charge in [-0.1, -0.05) is 41.9 Å². The maximum absolute atomic E-state index is 13.5. The Kier molecular flexibility index (Phi) is 4.27. The molecule has 0 radical (unpaired) electrons. The minimum atomic E-state index is -0.447. The SMILES string of the molecule is CN(CCc1ccccc1)c1cc(F)c(Cl)cc1N. The van der Waals surface area contributed by atoms with Crippen LogP contribution in [0.2, 0.25) is 5.02 Å². The lowest BCUT2D eigenvalue weighted by Crippen LogP contribution is -2.21. The number of hydrogen-bond donors (Lipinski definition) is 1. The van der Waals surface area contributed by atoms with E-state index in [1.165, 1.54) is 17.7 Å². The van der Waals surface area contributed by atoms with Crippen LogP contribution in [0.3, 0.4) is 0 Å². The van der Waals surface area contributed by atoms with E-state index in [4.69, 9.17) is 17.3 Å². The molecule has 2 nitrogen and oxygen atoms in total. The zero-order valence-corrected chi connectivity index (χ0v) is 11.5. The Morgan fingerprint density at radius 3 is 2.58 bits per heavy atom. The number of benzene rings is 2. The molecule has 0 saturated heterocycles. The highest BCUT2D eigenvalue weighted by Crippen LogP contribution is 2.28. The molecule has 2 rings (SSSR count). The second-order valence-electron chi connectivity index (χ2n) is 4.48. The van der Waals surface area contributed by atoms with Crippen molar-refractivity contribution in [2.45, 2.75) is 6.42 Å².